The summed E-state index contributed by atoms with van der Waals surface area (Å²) in [7, 11) is 0. The van der Waals surface area contributed by atoms with Crippen molar-refractivity contribution in [1.82, 2.24) is 5.32 Å². The van der Waals surface area contributed by atoms with Crippen molar-refractivity contribution in [3.63, 3.8) is 0 Å². The van der Waals surface area contributed by atoms with Crippen LogP contribution in [-0.2, 0) is 4.79 Å². The maximum atomic E-state index is 10.9. The number of benzene rings is 1. The standard InChI is InChI=1S/C13H15NO4/c15-11(16)6-8-4-5-14-12(8)9-2-1-3-10-13(9)18-7-17-10/h1-3,8,12,14H,4-7H2,(H,15,16)/t8-,12+/m1/s1. The molecule has 3 rings (SSSR count). The molecule has 96 valence electrons. The molecule has 1 aromatic rings. The highest BCUT2D eigenvalue weighted by Gasteiger charge is 2.33. The Kier molecular flexibility index (Phi) is 2.83. The fourth-order valence-electron chi connectivity index (χ4n) is 2.76. The lowest BCUT2D eigenvalue weighted by atomic mass is 9.91. The van der Waals surface area contributed by atoms with Crippen LogP contribution in [-0.4, -0.2) is 24.4 Å². The van der Waals surface area contributed by atoms with Gasteiger partial charge in [0.1, 0.15) is 0 Å². The number of aliphatic carboxylic acids is 1. The van der Waals surface area contributed by atoms with Crippen LogP contribution >= 0.6 is 0 Å². The lowest BCUT2D eigenvalue weighted by Gasteiger charge is -2.19. The fraction of sp³-hybridized carbons (Fsp3) is 0.462. The second-order valence-electron chi connectivity index (χ2n) is 4.66. The number of carboxylic acid groups (broad SMARTS) is 1. The number of ether oxygens (including phenoxy) is 2. The largest absolute Gasteiger partial charge is 0.481 e. The molecule has 0 radical (unpaired) electrons. The number of hydrogen-bond acceptors (Lipinski definition) is 4. The second-order valence-corrected chi connectivity index (χ2v) is 4.66. The molecule has 1 aromatic carbocycles. The Morgan fingerprint density at radius 2 is 2.33 bits per heavy atom. The van der Waals surface area contributed by atoms with Gasteiger partial charge in [0.05, 0.1) is 6.42 Å². The van der Waals surface area contributed by atoms with E-state index in [0.717, 1.165) is 30.0 Å². The van der Waals surface area contributed by atoms with E-state index in [2.05, 4.69) is 5.32 Å². The molecule has 0 aliphatic carbocycles. The van der Waals surface area contributed by atoms with Gasteiger partial charge in [0, 0.05) is 11.6 Å². The lowest BCUT2D eigenvalue weighted by Crippen LogP contribution is -2.20. The second kappa shape index (κ2) is 4.49. The number of para-hydroxylation sites is 1. The van der Waals surface area contributed by atoms with Gasteiger partial charge in [0.15, 0.2) is 11.5 Å². The number of rotatable bonds is 3. The minimum absolute atomic E-state index is 0.0396. The van der Waals surface area contributed by atoms with Gasteiger partial charge in [-0.15, -0.1) is 0 Å². The Labute approximate surface area is 105 Å². The Morgan fingerprint density at radius 3 is 3.17 bits per heavy atom. The smallest absolute Gasteiger partial charge is 0.303 e. The molecule has 5 nitrogen and oxygen atoms in total. The normalized spacial score (nSPS) is 25.3. The fourth-order valence-corrected chi connectivity index (χ4v) is 2.76. The quantitative estimate of drug-likeness (QED) is 0.850. The highest BCUT2D eigenvalue weighted by Crippen LogP contribution is 2.43. The topological polar surface area (TPSA) is 67.8 Å². The summed E-state index contributed by atoms with van der Waals surface area (Å²) in [5.74, 6) is 0.860. The van der Waals surface area contributed by atoms with E-state index in [9.17, 15) is 4.79 Å². The van der Waals surface area contributed by atoms with Gasteiger partial charge in [-0.1, -0.05) is 12.1 Å². The van der Waals surface area contributed by atoms with Crippen molar-refractivity contribution in [2.75, 3.05) is 13.3 Å². The maximum absolute atomic E-state index is 10.9. The van der Waals surface area contributed by atoms with Gasteiger partial charge in [0.2, 0.25) is 6.79 Å². The first-order valence-corrected chi connectivity index (χ1v) is 6.09. The van der Waals surface area contributed by atoms with E-state index in [1.165, 1.54) is 0 Å². The molecule has 0 amide bonds. The molecule has 1 saturated heterocycles. The van der Waals surface area contributed by atoms with E-state index in [0.29, 0.717) is 0 Å². The van der Waals surface area contributed by atoms with Crippen LogP contribution in [0.25, 0.3) is 0 Å². The van der Waals surface area contributed by atoms with Gasteiger partial charge in [-0.25, -0.2) is 0 Å². The Hall–Kier alpha value is -1.75. The van der Waals surface area contributed by atoms with Crippen LogP contribution in [0, 0.1) is 5.92 Å². The SMILES string of the molecule is O=C(O)C[C@H]1CCN[C@@H]1c1cccc2c1OCO2. The van der Waals surface area contributed by atoms with Crippen molar-refractivity contribution in [1.29, 1.82) is 0 Å². The van der Waals surface area contributed by atoms with E-state index >= 15 is 0 Å². The molecule has 5 heteroatoms. The molecule has 2 atom stereocenters. The minimum atomic E-state index is -0.751. The maximum Gasteiger partial charge on any atom is 0.303 e. The van der Waals surface area contributed by atoms with Crippen LogP contribution < -0.4 is 14.8 Å². The van der Waals surface area contributed by atoms with E-state index in [-0.39, 0.29) is 25.2 Å². The predicted molar refractivity (Wildman–Crippen MR) is 63.7 cm³/mol. The number of hydrogen-bond donors (Lipinski definition) is 2. The molecule has 2 heterocycles. The predicted octanol–water partition coefficient (Wildman–Crippen LogP) is 1.54. The lowest BCUT2D eigenvalue weighted by molar-refractivity contribution is -0.138. The highest BCUT2D eigenvalue weighted by molar-refractivity contribution is 5.67. The number of carboxylic acids is 1. The van der Waals surface area contributed by atoms with E-state index in [1.54, 1.807) is 0 Å². The van der Waals surface area contributed by atoms with Gasteiger partial charge in [-0.05, 0) is 24.9 Å². The van der Waals surface area contributed by atoms with E-state index in [1.807, 2.05) is 18.2 Å². The van der Waals surface area contributed by atoms with Crippen LogP contribution in [0.1, 0.15) is 24.4 Å². The third kappa shape index (κ3) is 1.90. The summed E-state index contributed by atoms with van der Waals surface area (Å²) >= 11 is 0. The zero-order valence-corrected chi connectivity index (χ0v) is 9.89. The Bertz CT molecular complexity index is 474. The summed E-state index contributed by atoms with van der Waals surface area (Å²) in [5, 5.41) is 12.3. The van der Waals surface area contributed by atoms with Crippen LogP contribution in [0.5, 0.6) is 11.5 Å². The van der Waals surface area contributed by atoms with E-state index < -0.39 is 5.97 Å². The molecule has 0 saturated carbocycles. The van der Waals surface area contributed by atoms with Crippen molar-refractivity contribution in [3.8, 4) is 11.5 Å². The monoisotopic (exact) mass is 249 g/mol. The van der Waals surface area contributed by atoms with Gasteiger partial charge >= 0.3 is 5.97 Å². The number of carbonyl (C=O) groups is 1. The van der Waals surface area contributed by atoms with Crippen molar-refractivity contribution < 1.29 is 19.4 Å². The third-order valence-electron chi connectivity index (χ3n) is 3.55. The molecule has 0 aromatic heterocycles. The Balaban J connectivity index is 1.90. The summed E-state index contributed by atoms with van der Waals surface area (Å²) in [6.45, 7) is 1.08. The van der Waals surface area contributed by atoms with E-state index in [4.69, 9.17) is 14.6 Å². The van der Waals surface area contributed by atoms with Crippen molar-refractivity contribution in [2.45, 2.75) is 18.9 Å². The molecule has 0 bridgehead atoms. The molecule has 0 spiro atoms. The van der Waals surface area contributed by atoms with Crippen LogP contribution in [0.15, 0.2) is 18.2 Å². The van der Waals surface area contributed by atoms with Crippen molar-refractivity contribution in [3.05, 3.63) is 23.8 Å². The molecule has 1 fully saturated rings. The molecule has 2 aliphatic rings. The first kappa shape index (κ1) is 11.3. The average Bonchev–Trinajstić information content (AvgIpc) is 2.95. The number of nitrogens with one attached hydrogen (secondary N) is 1. The summed E-state index contributed by atoms with van der Waals surface area (Å²) < 4.78 is 10.8. The van der Waals surface area contributed by atoms with Gasteiger partial charge < -0.3 is 19.9 Å². The molecular weight excluding hydrogens is 234 g/mol. The zero-order chi connectivity index (χ0) is 12.5. The zero-order valence-electron chi connectivity index (χ0n) is 9.89. The van der Waals surface area contributed by atoms with Crippen LogP contribution in [0.3, 0.4) is 0 Å². The first-order valence-electron chi connectivity index (χ1n) is 6.09. The van der Waals surface area contributed by atoms with Gasteiger partial charge in [0.25, 0.3) is 0 Å². The minimum Gasteiger partial charge on any atom is -0.481 e. The van der Waals surface area contributed by atoms with Gasteiger partial charge in [-0.3, -0.25) is 4.79 Å². The summed E-state index contributed by atoms with van der Waals surface area (Å²) in [4.78, 5) is 10.9. The highest BCUT2D eigenvalue weighted by atomic mass is 16.7. The first-order chi connectivity index (χ1) is 8.75. The summed E-state index contributed by atoms with van der Waals surface area (Å²) in [5.41, 5.74) is 1.01. The van der Waals surface area contributed by atoms with Crippen molar-refractivity contribution in [2.24, 2.45) is 5.92 Å². The third-order valence-corrected chi connectivity index (χ3v) is 3.55. The van der Waals surface area contributed by atoms with Crippen LogP contribution in [0.4, 0.5) is 0 Å². The molecule has 2 aliphatic heterocycles. The molecule has 18 heavy (non-hydrogen) atoms. The number of fused-ring (bicyclic) bond motifs is 1. The molecule has 2 N–H and O–H groups in total. The summed E-state index contributed by atoms with van der Waals surface area (Å²) in [6, 6.07) is 5.80. The Morgan fingerprint density at radius 1 is 1.44 bits per heavy atom. The van der Waals surface area contributed by atoms with Gasteiger partial charge in [-0.2, -0.15) is 0 Å². The molecule has 0 unspecified atom stereocenters. The van der Waals surface area contributed by atoms with Crippen LogP contribution in [0.2, 0.25) is 0 Å². The average molecular weight is 249 g/mol. The van der Waals surface area contributed by atoms with Crippen molar-refractivity contribution >= 4 is 5.97 Å². The molecular formula is C13H15NO4. The summed E-state index contributed by atoms with van der Waals surface area (Å²) in [6.07, 6.45) is 1.06.